The van der Waals surface area contributed by atoms with Gasteiger partial charge in [0.15, 0.2) is 19.2 Å². The molecule has 0 aliphatic carbocycles. The van der Waals surface area contributed by atoms with Crippen molar-refractivity contribution in [2.75, 3.05) is 13.2 Å². The van der Waals surface area contributed by atoms with Crippen molar-refractivity contribution in [3.63, 3.8) is 0 Å². The van der Waals surface area contributed by atoms with Crippen LogP contribution in [0.3, 0.4) is 0 Å². The fourth-order valence-electron chi connectivity index (χ4n) is 2.31. The summed E-state index contributed by atoms with van der Waals surface area (Å²) in [6.07, 6.45) is -5.21. The molecule has 0 fully saturated rings. The van der Waals surface area contributed by atoms with Gasteiger partial charge in [-0.05, 0) is 34.5 Å². The van der Waals surface area contributed by atoms with Gasteiger partial charge >= 0.3 is 76.3 Å². The predicted molar refractivity (Wildman–Crippen MR) is 100 cm³/mol. The average Bonchev–Trinajstić information content (AvgIpc) is 2.72. The summed E-state index contributed by atoms with van der Waals surface area (Å²) in [6.45, 7) is 0.699. The molecule has 0 aromatic heterocycles. The predicted octanol–water partition coefficient (Wildman–Crippen LogP) is 2.01. The Hall–Kier alpha value is -1.23. The molecule has 2 aromatic carbocycles. The quantitative estimate of drug-likeness (QED) is 0.281. The maximum Gasteiger partial charge on any atom is 1.00 e. The summed E-state index contributed by atoms with van der Waals surface area (Å²) in [5.41, 5.74) is 0.757. The van der Waals surface area contributed by atoms with Crippen molar-refractivity contribution >= 4 is 22.7 Å². The van der Waals surface area contributed by atoms with E-state index in [2.05, 4.69) is 4.74 Å². The second kappa shape index (κ2) is 12.3. The third-order valence-electron chi connectivity index (χ3n) is 4.31. The number of carbonyl (C=O) groups excluding carboxylic acids is 2. The molecule has 11 heteroatoms. The van der Waals surface area contributed by atoms with Gasteiger partial charge in [-0.3, -0.25) is 10.7 Å². The Kier molecular flexibility index (Phi) is 11.1. The molecular weight excluding hydrogens is 513 g/mol. The smallest absolute Gasteiger partial charge is 0.483 e. The number of halogens is 5. The van der Waals surface area contributed by atoms with Gasteiger partial charge in [0.05, 0.1) is 0 Å². The fraction of sp³-hybridized carbons (Fsp3) is 0.381. The minimum atomic E-state index is -5.81. The molecule has 0 atom stereocenters. The Bertz CT molecular complexity index is 932. The zero-order chi connectivity index (χ0) is 23.2. The van der Waals surface area contributed by atoms with Gasteiger partial charge in [0.2, 0.25) is 0 Å². The van der Waals surface area contributed by atoms with Gasteiger partial charge in [0.25, 0.3) is 0 Å². The van der Waals surface area contributed by atoms with Crippen molar-refractivity contribution < 1.29 is 104 Å². The molecule has 32 heavy (non-hydrogen) atoms. The van der Waals surface area contributed by atoms with Crippen LogP contribution in [-0.2, 0) is 25.7 Å². The number of esters is 2. The van der Waals surface area contributed by atoms with Crippen LogP contribution in [0.25, 0.3) is 10.8 Å². The van der Waals surface area contributed by atoms with Gasteiger partial charge in [0, 0.05) is 0 Å². The van der Waals surface area contributed by atoms with Crippen LogP contribution in [0.15, 0.2) is 36.4 Å². The van der Waals surface area contributed by atoms with Gasteiger partial charge in [0.1, 0.15) is 12.4 Å². The van der Waals surface area contributed by atoms with E-state index >= 15 is 0 Å². The van der Waals surface area contributed by atoms with Crippen LogP contribution in [0.5, 0.6) is 5.75 Å². The van der Waals surface area contributed by atoms with Crippen molar-refractivity contribution in [2.45, 2.75) is 39.0 Å². The summed E-state index contributed by atoms with van der Waals surface area (Å²) in [5.74, 6) is -6.06. The first-order valence-corrected chi connectivity index (χ1v) is 9.18. The molecule has 0 aliphatic rings. The molecule has 0 spiro atoms. The Morgan fingerprint density at radius 1 is 0.969 bits per heavy atom. The fourth-order valence-corrected chi connectivity index (χ4v) is 2.31. The van der Waals surface area contributed by atoms with Gasteiger partial charge in [-0.1, -0.05) is 25.1 Å². The number of hydrogen-bond donors (Lipinski definition) is 0. The molecule has 0 unspecified atom stereocenters. The first-order valence-electron chi connectivity index (χ1n) is 9.18. The third-order valence-corrected chi connectivity index (χ3v) is 4.31. The molecule has 2 rings (SSSR count). The van der Waals surface area contributed by atoms with Crippen LogP contribution >= 0.6 is 0 Å². The topological polar surface area (TPSA) is 61.8 Å². The molecule has 0 radical (unpaired) electrons. The largest absolute Gasteiger partial charge is 1.00 e. The second-order valence-electron chi connectivity index (χ2n) is 6.70. The molecule has 5 nitrogen and oxygen atoms in total. The SMILES string of the molecule is CC[C-](C)C(=O)OCc1ccc2cc(OCC(=O)OCC(F)(F)C(F)(F)F)ccc2c1.[Rb+]. The van der Waals surface area contributed by atoms with E-state index < -0.39 is 31.3 Å². The molecule has 0 aliphatic heterocycles. The molecule has 0 amide bonds. The van der Waals surface area contributed by atoms with Crippen LogP contribution in [0.4, 0.5) is 22.0 Å². The molecule has 170 valence electrons. The van der Waals surface area contributed by atoms with Crippen molar-refractivity contribution in [1.29, 1.82) is 0 Å². The third kappa shape index (κ3) is 8.28. The molecule has 0 bridgehead atoms. The maximum atomic E-state index is 12.7. The van der Waals surface area contributed by atoms with E-state index in [-0.39, 0.29) is 76.5 Å². The standard InChI is InChI=1S/C21H20F5O5.Rb/c1-3-13(2)19(28)30-10-14-4-5-16-9-17(7-6-15(16)8-14)29-11-18(27)31-12-20(22,23)21(24,25)26;/h4-9H,3,10-12H2,1-2H3;/q-1;+1. The van der Waals surface area contributed by atoms with Crippen LogP contribution in [0.2, 0.25) is 0 Å². The molecule has 0 saturated heterocycles. The number of fused-ring (bicyclic) bond motifs is 1. The van der Waals surface area contributed by atoms with E-state index in [1.807, 2.05) is 6.92 Å². The van der Waals surface area contributed by atoms with Gasteiger partial charge in [-0.15, -0.1) is 0 Å². The number of carbonyl (C=O) groups is 2. The zero-order valence-electron chi connectivity index (χ0n) is 17.7. The molecule has 0 saturated carbocycles. The Labute approximate surface area is 230 Å². The first-order chi connectivity index (χ1) is 14.4. The maximum absolute atomic E-state index is 12.7. The number of hydrogen-bond acceptors (Lipinski definition) is 5. The molecule has 0 heterocycles. The monoisotopic (exact) mass is 532 g/mol. The number of benzene rings is 2. The van der Waals surface area contributed by atoms with Gasteiger partial charge in [-0.25, -0.2) is 4.79 Å². The van der Waals surface area contributed by atoms with E-state index in [0.717, 1.165) is 10.9 Å². The van der Waals surface area contributed by atoms with E-state index in [1.165, 1.54) is 6.07 Å². The van der Waals surface area contributed by atoms with E-state index in [0.29, 0.717) is 17.7 Å². The summed E-state index contributed by atoms with van der Waals surface area (Å²) in [6, 6.07) is 9.95. The van der Waals surface area contributed by atoms with Crippen LogP contribution in [-0.4, -0.2) is 37.3 Å². The molecule has 2 aromatic rings. The number of rotatable bonds is 9. The minimum absolute atomic E-state index is 0. The van der Waals surface area contributed by atoms with Crippen molar-refractivity contribution in [3.8, 4) is 5.75 Å². The zero-order valence-corrected chi connectivity index (χ0v) is 22.6. The second-order valence-corrected chi connectivity index (χ2v) is 6.70. The van der Waals surface area contributed by atoms with Crippen LogP contribution in [0.1, 0.15) is 25.8 Å². The van der Waals surface area contributed by atoms with Crippen molar-refractivity contribution in [2.24, 2.45) is 0 Å². The summed E-state index contributed by atoms with van der Waals surface area (Å²) in [5, 5.41) is 1.49. The Morgan fingerprint density at radius 2 is 1.59 bits per heavy atom. The van der Waals surface area contributed by atoms with E-state index in [4.69, 9.17) is 9.47 Å². The molecule has 0 N–H and O–H groups in total. The van der Waals surface area contributed by atoms with Crippen LogP contribution in [0, 0.1) is 5.92 Å². The Morgan fingerprint density at radius 3 is 2.22 bits per heavy atom. The normalized spacial score (nSPS) is 11.5. The van der Waals surface area contributed by atoms with Crippen molar-refractivity contribution in [3.05, 3.63) is 47.9 Å². The number of ether oxygens (including phenoxy) is 3. The van der Waals surface area contributed by atoms with Gasteiger partial charge < -0.3 is 14.2 Å². The molecular formula is C21H20F5O5Rb. The Balaban J connectivity index is 0.00000512. The van der Waals surface area contributed by atoms with Crippen LogP contribution < -0.4 is 62.9 Å². The summed E-state index contributed by atoms with van der Waals surface area (Å²) < 4.78 is 75.9. The first kappa shape index (κ1) is 28.8. The van der Waals surface area contributed by atoms with E-state index in [9.17, 15) is 31.5 Å². The average molecular weight is 533 g/mol. The summed E-state index contributed by atoms with van der Waals surface area (Å²) >= 11 is 0. The van der Waals surface area contributed by atoms with Crippen molar-refractivity contribution in [1.82, 2.24) is 0 Å². The minimum Gasteiger partial charge on any atom is -0.483 e. The summed E-state index contributed by atoms with van der Waals surface area (Å²) in [7, 11) is 0. The van der Waals surface area contributed by atoms with Gasteiger partial charge in [-0.2, -0.15) is 35.3 Å². The summed E-state index contributed by atoms with van der Waals surface area (Å²) in [4.78, 5) is 23.1. The van der Waals surface area contributed by atoms with E-state index in [1.54, 1.807) is 37.3 Å². The number of alkyl halides is 5.